The van der Waals surface area contributed by atoms with E-state index < -0.39 is 5.97 Å². The van der Waals surface area contributed by atoms with Crippen LogP contribution in [0.3, 0.4) is 0 Å². The van der Waals surface area contributed by atoms with Crippen molar-refractivity contribution in [2.75, 3.05) is 13.7 Å². The van der Waals surface area contributed by atoms with Gasteiger partial charge in [0.25, 0.3) is 0 Å². The van der Waals surface area contributed by atoms with Crippen molar-refractivity contribution in [3.8, 4) is 0 Å². The van der Waals surface area contributed by atoms with Crippen LogP contribution in [0, 0.1) is 29.6 Å². The van der Waals surface area contributed by atoms with E-state index in [9.17, 15) is 9.59 Å². The Kier molecular flexibility index (Phi) is 2.67. The SMILES string of the molecule is COC(=O)COC(=O)C1CC2OC1C1C3C=CC(C3)C21. The molecule has 20 heavy (non-hydrogen) atoms. The zero-order valence-electron chi connectivity index (χ0n) is 11.4. The normalized spacial score (nSPS) is 46.5. The molecule has 0 aromatic carbocycles. The largest absolute Gasteiger partial charge is 0.466 e. The highest BCUT2D eigenvalue weighted by Crippen LogP contribution is 2.61. The molecule has 7 unspecified atom stereocenters. The molecule has 7 atom stereocenters. The number of methoxy groups -OCH3 is 1. The molecule has 2 aliphatic heterocycles. The molecule has 4 rings (SSSR count). The molecule has 0 aromatic heterocycles. The number of allylic oxidation sites excluding steroid dienone is 2. The van der Waals surface area contributed by atoms with E-state index in [0.717, 1.165) is 6.42 Å². The summed E-state index contributed by atoms with van der Waals surface area (Å²) in [6, 6.07) is 0. The zero-order chi connectivity index (χ0) is 13.9. The molecular weight excluding hydrogens is 260 g/mol. The first kappa shape index (κ1) is 12.4. The summed E-state index contributed by atoms with van der Waals surface area (Å²) in [5.41, 5.74) is 0. The van der Waals surface area contributed by atoms with Crippen LogP contribution < -0.4 is 0 Å². The minimum atomic E-state index is -0.525. The first-order valence-electron chi connectivity index (χ1n) is 7.26. The monoisotopic (exact) mass is 278 g/mol. The summed E-state index contributed by atoms with van der Waals surface area (Å²) in [4.78, 5) is 23.2. The summed E-state index contributed by atoms with van der Waals surface area (Å²) in [5.74, 6) is 1.23. The molecule has 0 radical (unpaired) electrons. The Bertz CT molecular complexity index is 485. The fourth-order valence-corrected chi connectivity index (χ4v) is 4.75. The fraction of sp³-hybridized carbons (Fsp3) is 0.733. The minimum Gasteiger partial charge on any atom is -0.466 e. The lowest BCUT2D eigenvalue weighted by atomic mass is 9.69. The maximum absolute atomic E-state index is 12.1. The zero-order valence-corrected chi connectivity index (χ0v) is 11.4. The van der Waals surface area contributed by atoms with E-state index >= 15 is 0 Å². The summed E-state index contributed by atoms with van der Waals surface area (Å²) in [7, 11) is 1.28. The lowest BCUT2D eigenvalue weighted by molar-refractivity contribution is -0.161. The predicted octanol–water partition coefficient (Wildman–Crippen LogP) is 0.928. The van der Waals surface area contributed by atoms with Crippen molar-refractivity contribution in [3.63, 3.8) is 0 Å². The number of rotatable bonds is 3. The number of hydrogen-bond acceptors (Lipinski definition) is 5. The molecule has 3 fully saturated rings. The molecule has 2 saturated heterocycles. The van der Waals surface area contributed by atoms with E-state index in [1.165, 1.54) is 13.5 Å². The van der Waals surface area contributed by atoms with Crippen LogP contribution in [0.15, 0.2) is 12.2 Å². The lowest BCUT2D eigenvalue weighted by Crippen LogP contribution is -2.40. The van der Waals surface area contributed by atoms with Gasteiger partial charge in [0.15, 0.2) is 6.61 Å². The van der Waals surface area contributed by atoms with Gasteiger partial charge in [-0.05, 0) is 36.5 Å². The summed E-state index contributed by atoms with van der Waals surface area (Å²) in [5, 5.41) is 0. The molecule has 4 bridgehead atoms. The second-order valence-electron chi connectivity index (χ2n) is 6.27. The van der Waals surface area contributed by atoms with Gasteiger partial charge in [-0.25, -0.2) is 4.79 Å². The number of carbonyl (C=O) groups is 2. The van der Waals surface area contributed by atoms with Gasteiger partial charge in [0, 0.05) is 0 Å². The maximum atomic E-state index is 12.1. The second kappa shape index (κ2) is 4.32. The van der Waals surface area contributed by atoms with Crippen molar-refractivity contribution in [3.05, 3.63) is 12.2 Å². The molecule has 108 valence electrons. The van der Waals surface area contributed by atoms with Crippen molar-refractivity contribution in [1.29, 1.82) is 0 Å². The van der Waals surface area contributed by atoms with Crippen LogP contribution in [-0.2, 0) is 23.8 Å². The van der Waals surface area contributed by atoms with Gasteiger partial charge in [-0.15, -0.1) is 0 Å². The van der Waals surface area contributed by atoms with Gasteiger partial charge in [0.1, 0.15) is 0 Å². The third-order valence-corrected chi connectivity index (χ3v) is 5.47. The molecule has 5 nitrogen and oxygen atoms in total. The second-order valence-corrected chi connectivity index (χ2v) is 6.27. The van der Waals surface area contributed by atoms with Crippen LogP contribution in [-0.4, -0.2) is 37.9 Å². The van der Waals surface area contributed by atoms with E-state index in [-0.39, 0.29) is 30.7 Å². The number of carbonyl (C=O) groups excluding carboxylic acids is 2. The average Bonchev–Trinajstić information content (AvgIpc) is 3.20. The van der Waals surface area contributed by atoms with Crippen LogP contribution in [0.4, 0.5) is 0 Å². The average molecular weight is 278 g/mol. The number of fused-ring (bicyclic) bond motifs is 9. The van der Waals surface area contributed by atoms with Crippen molar-refractivity contribution < 1.29 is 23.8 Å². The van der Waals surface area contributed by atoms with E-state index in [2.05, 4.69) is 16.9 Å². The van der Waals surface area contributed by atoms with Crippen molar-refractivity contribution in [1.82, 2.24) is 0 Å². The van der Waals surface area contributed by atoms with Gasteiger partial charge < -0.3 is 14.2 Å². The molecule has 0 spiro atoms. The van der Waals surface area contributed by atoms with Gasteiger partial charge in [-0.3, -0.25) is 4.79 Å². The first-order chi connectivity index (χ1) is 9.69. The molecule has 0 N–H and O–H groups in total. The summed E-state index contributed by atoms with van der Waals surface area (Å²) >= 11 is 0. The van der Waals surface area contributed by atoms with Crippen molar-refractivity contribution in [2.24, 2.45) is 29.6 Å². The molecule has 5 heteroatoms. The Morgan fingerprint density at radius 2 is 1.95 bits per heavy atom. The maximum Gasteiger partial charge on any atom is 0.344 e. The first-order valence-corrected chi connectivity index (χ1v) is 7.26. The Morgan fingerprint density at radius 1 is 1.20 bits per heavy atom. The Morgan fingerprint density at radius 3 is 2.70 bits per heavy atom. The molecular formula is C15H18O5. The van der Waals surface area contributed by atoms with Gasteiger partial charge >= 0.3 is 11.9 Å². The van der Waals surface area contributed by atoms with Crippen LogP contribution in [0.25, 0.3) is 0 Å². The van der Waals surface area contributed by atoms with Gasteiger partial charge in [0.2, 0.25) is 0 Å². The van der Waals surface area contributed by atoms with E-state index in [4.69, 9.17) is 9.47 Å². The number of esters is 2. The molecule has 1 saturated carbocycles. The van der Waals surface area contributed by atoms with Crippen LogP contribution in [0.5, 0.6) is 0 Å². The minimum absolute atomic E-state index is 0.0184. The standard InChI is InChI=1S/C15H18O5/c1-18-11(16)6-19-15(17)9-5-10-12-7-2-3-8(4-7)13(12)14(9)20-10/h2-3,7-10,12-14H,4-6H2,1H3. The molecule has 2 heterocycles. The highest BCUT2D eigenvalue weighted by atomic mass is 16.6. The molecule has 4 aliphatic rings. The third kappa shape index (κ3) is 1.59. The Balaban J connectivity index is 1.44. The Labute approximate surface area is 117 Å². The Hall–Kier alpha value is -1.36. The van der Waals surface area contributed by atoms with Crippen LogP contribution >= 0.6 is 0 Å². The molecule has 2 aliphatic carbocycles. The number of hydrogen-bond donors (Lipinski definition) is 0. The van der Waals surface area contributed by atoms with Gasteiger partial charge in [-0.2, -0.15) is 0 Å². The van der Waals surface area contributed by atoms with Crippen molar-refractivity contribution in [2.45, 2.75) is 25.0 Å². The highest BCUT2D eigenvalue weighted by molar-refractivity contribution is 5.78. The topological polar surface area (TPSA) is 61.8 Å². The lowest BCUT2D eigenvalue weighted by Gasteiger charge is -2.32. The van der Waals surface area contributed by atoms with Gasteiger partial charge in [0.05, 0.1) is 25.2 Å². The van der Waals surface area contributed by atoms with E-state index in [0.29, 0.717) is 23.7 Å². The molecule has 0 aromatic rings. The summed E-state index contributed by atoms with van der Waals surface area (Å²) in [6.45, 7) is -0.302. The van der Waals surface area contributed by atoms with Crippen LogP contribution in [0.1, 0.15) is 12.8 Å². The molecule has 0 amide bonds. The van der Waals surface area contributed by atoms with Gasteiger partial charge in [-0.1, -0.05) is 12.2 Å². The van der Waals surface area contributed by atoms with Crippen molar-refractivity contribution >= 4 is 11.9 Å². The number of ether oxygens (including phenoxy) is 3. The summed E-state index contributed by atoms with van der Waals surface area (Å²) < 4.78 is 15.6. The van der Waals surface area contributed by atoms with Crippen LogP contribution in [0.2, 0.25) is 0 Å². The highest BCUT2D eigenvalue weighted by Gasteiger charge is 2.64. The summed E-state index contributed by atoms with van der Waals surface area (Å²) in [6.07, 6.45) is 6.74. The third-order valence-electron chi connectivity index (χ3n) is 5.47. The smallest absolute Gasteiger partial charge is 0.344 e. The fourth-order valence-electron chi connectivity index (χ4n) is 4.75. The quantitative estimate of drug-likeness (QED) is 0.567. The predicted molar refractivity (Wildman–Crippen MR) is 67.5 cm³/mol. The van der Waals surface area contributed by atoms with E-state index in [1.807, 2.05) is 0 Å². The van der Waals surface area contributed by atoms with E-state index in [1.54, 1.807) is 0 Å².